The molecule has 8 heteroatoms. The Bertz CT molecular complexity index is 250. The molecule has 0 aromatic carbocycles. The van der Waals surface area contributed by atoms with Gasteiger partial charge in [-0.15, -0.1) is 5.10 Å². The van der Waals surface area contributed by atoms with Crippen LogP contribution < -0.4 is 0 Å². The second-order valence-electron chi connectivity index (χ2n) is 1.48. The van der Waals surface area contributed by atoms with Crippen molar-refractivity contribution in [1.82, 2.24) is 40.8 Å². The third-order valence-electron chi connectivity index (χ3n) is 0.900. The largest absolute Gasteiger partial charge is 0.270 e. The molecular weight excluding hydrogens is 160 g/mol. The zero-order valence-electron chi connectivity index (χ0n) is 6.71. The van der Waals surface area contributed by atoms with Gasteiger partial charge in [0.15, 0.2) is 0 Å². The maximum atomic E-state index is 3.56. The van der Waals surface area contributed by atoms with Gasteiger partial charge < -0.3 is 0 Å². The third kappa shape index (κ3) is 1.59. The predicted octanol–water partition coefficient (Wildman–Crippen LogP) is -0.798. The van der Waals surface area contributed by atoms with Crippen LogP contribution in [0.1, 0.15) is 13.8 Å². The zero-order valence-corrected chi connectivity index (χ0v) is 6.71. The van der Waals surface area contributed by atoms with Gasteiger partial charge in [0.2, 0.25) is 0 Å². The first-order valence-corrected chi connectivity index (χ1v) is 3.44. The fourth-order valence-corrected chi connectivity index (χ4v) is 0.510. The summed E-state index contributed by atoms with van der Waals surface area (Å²) in [4.78, 5) is 0. The average molecular weight is 168 g/mol. The molecule has 2 rings (SSSR count). The third-order valence-corrected chi connectivity index (χ3v) is 0.900. The van der Waals surface area contributed by atoms with Gasteiger partial charge in [-0.05, 0) is 20.9 Å². The van der Waals surface area contributed by atoms with E-state index in [0.717, 1.165) is 0 Å². The van der Waals surface area contributed by atoms with E-state index in [-0.39, 0.29) is 0 Å². The Kier molecular flexibility index (Phi) is 2.82. The summed E-state index contributed by atoms with van der Waals surface area (Å²) < 4.78 is 1.32. The van der Waals surface area contributed by atoms with Crippen LogP contribution in [0.3, 0.4) is 0 Å². The summed E-state index contributed by atoms with van der Waals surface area (Å²) in [7, 11) is 0. The number of H-pyrrole nitrogens is 1. The molecule has 0 saturated heterocycles. The minimum absolute atomic E-state index is 0.394. The highest BCUT2D eigenvalue weighted by Crippen LogP contribution is 1.86. The van der Waals surface area contributed by atoms with Crippen LogP contribution in [0, 0.1) is 0 Å². The summed E-state index contributed by atoms with van der Waals surface area (Å²) in [6.07, 6.45) is 1.39. The Morgan fingerprint density at radius 3 is 2.67 bits per heavy atom. The molecule has 2 aromatic rings. The van der Waals surface area contributed by atoms with Crippen molar-refractivity contribution in [2.45, 2.75) is 13.8 Å². The van der Waals surface area contributed by atoms with Crippen molar-refractivity contribution in [3.05, 3.63) is 6.33 Å². The van der Waals surface area contributed by atoms with Crippen LogP contribution >= 0.6 is 0 Å². The standard InChI is InChI=1S/C2H2N8.C2H6/c1-3-6-9-10(1)2-4-7-8-5-2;1-2/h1H,(H,4,5,7,8);1-2H3. The first-order chi connectivity index (χ1) is 5.97. The Balaban J connectivity index is 0.000000336. The Hall–Kier alpha value is -1.86. The van der Waals surface area contributed by atoms with Crippen LogP contribution in [0.15, 0.2) is 6.33 Å². The van der Waals surface area contributed by atoms with E-state index in [2.05, 4.69) is 36.1 Å². The summed E-state index contributed by atoms with van der Waals surface area (Å²) >= 11 is 0. The van der Waals surface area contributed by atoms with Crippen molar-refractivity contribution < 1.29 is 0 Å². The van der Waals surface area contributed by atoms with E-state index >= 15 is 0 Å². The summed E-state index contributed by atoms with van der Waals surface area (Å²) in [5.74, 6) is 0.394. The van der Waals surface area contributed by atoms with Crippen LogP contribution in [0.25, 0.3) is 5.95 Å². The highest BCUT2D eigenvalue weighted by molar-refractivity contribution is 4.97. The number of nitrogens with zero attached hydrogens (tertiary/aromatic N) is 7. The molecule has 12 heavy (non-hydrogen) atoms. The van der Waals surface area contributed by atoms with Crippen LogP contribution in [-0.4, -0.2) is 40.8 Å². The van der Waals surface area contributed by atoms with E-state index in [1.165, 1.54) is 11.0 Å². The molecule has 0 atom stereocenters. The lowest BCUT2D eigenvalue weighted by molar-refractivity contribution is 0.750. The van der Waals surface area contributed by atoms with Crippen molar-refractivity contribution in [3.8, 4) is 5.95 Å². The van der Waals surface area contributed by atoms with Gasteiger partial charge in [0.1, 0.15) is 6.33 Å². The summed E-state index contributed by atoms with van der Waals surface area (Å²) in [5, 5.41) is 23.1. The van der Waals surface area contributed by atoms with Gasteiger partial charge in [0.05, 0.1) is 0 Å². The molecule has 64 valence electrons. The van der Waals surface area contributed by atoms with Gasteiger partial charge in [0, 0.05) is 0 Å². The van der Waals surface area contributed by atoms with Crippen molar-refractivity contribution in [2.24, 2.45) is 0 Å². The smallest absolute Gasteiger partial charge is 0.223 e. The Morgan fingerprint density at radius 2 is 2.17 bits per heavy atom. The maximum absolute atomic E-state index is 3.56. The van der Waals surface area contributed by atoms with E-state index in [1.54, 1.807) is 0 Å². The Morgan fingerprint density at radius 1 is 1.33 bits per heavy atom. The number of aromatic nitrogens is 8. The fraction of sp³-hybridized carbons (Fsp3) is 0.500. The van der Waals surface area contributed by atoms with Crippen LogP contribution in [0.4, 0.5) is 0 Å². The molecule has 2 heterocycles. The lowest BCUT2D eigenvalue weighted by atomic mass is 11.0. The predicted molar refractivity (Wildman–Crippen MR) is 38.2 cm³/mol. The second-order valence-corrected chi connectivity index (χ2v) is 1.48. The van der Waals surface area contributed by atoms with E-state index in [0.29, 0.717) is 5.95 Å². The molecular formula is C4H8N8. The molecule has 8 nitrogen and oxygen atoms in total. The lowest BCUT2D eigenvalue weighted by Crippen LogP contribution is -1.97. The van der Waals surface area contributed by atoms with Crippen molar-refractivity contribution in [2.75, 3.05) is 0 Å². The average Bonchev–Trinajstić information content (AvgIpc) is 2.80. The molecule has 0 fully saturated rings. The van der Waals surface area contributed by atoms with Gasteiger partial charge in [-0.1, -0.05) is 18.9 Å². The van der Waals surface area contributed by atoms with Gasteiger partial charge in [-0.25, -0.2) is 5.10 Å². The number of hydrogen-bond acceptors (Lipinski definition) is 6. The molecule has 0 bridgehead atoms. The zero-order chi connectivity index (χ0) is 8.81. The molecule has 0 aliphatic heterocycles. The van der Waals surface area contributed by atoms with Crippen LogP contribution in [0.5, 0.6) is 0 Å². The van der Waals surface area contributed by atoms with Crippen LogP contribution in [0.2, 0.25) is 0 Å². The molecule has 0 spiro atoms. The first-order valence-electron chi connectivity index (χ1n) is 3.44. The molecule has 0 aliphatic carbocycles. The molecule has 2 aromatic heterocycles. The fourth-order valence-electron chi connectivity index (χ4n) is 0.510. The summed E-state index contributed by atoms with van der Waals surface area (Å²) in [6.45, 7) is 4.00. The molecule has 0 aliphatic rings. The monoisotopic (exact) mass is 168 g/mol. The van der Waals surface area contributed by atoms with Crippen LogP contribution in [-0.2, 0) is 0 Å². The number of nitrogens with one attached hydrogen (secondary N) is 1. The first kappa shape index (κ1) is 8.24. The van der Waals surface area contributed by atoms with E-state index < -0.39 is 0 Å². The minimum Gasteiger partial charge on any atom is -0.223 e. The summed E-state index contributed by atoms with van der Waals surface area (Å²) in [5.41, 5.74) is 0. The highest BCUT2D eigenvalue weighted by Gasteiger charge is 1.98. The number of rotatable bonds is 1. The lowest BCUT2D eigenvalue weighted by Gasteiger charge is -1.84. The molecule has 0 saturated carbocycles. The number of tetrazole rings is 2. The van der Waals surface area contributed by atoms with Gasteiger partial charge in [-0.3, -0.25) is 0 Å². The van der Waals surface area contributed by atoms with Gasteiger partial charge in [0.25, 0.3) is 5.95 Å². The normalized spacial score (nSPS) is 8.83. The number of aromatic amines is 1. The molecule has 0 radical (unpaired) electrons. The SMILES string of the molecule is CC.c1nnnn1-c1nnn[nH]1. The highest BCUT2D eigenvalue weighted by atomic mass is 15.6. The van der Waals surface area contributed by atoms with Crippen molar-refractivity contribution in [3.63, 3.8) is 0 Å². The quantitative estimate of drug-likeness (QED) is 0.598. The topological polar surface area (TPSA) is 98.1 Å². The van der Waals surface area contributed by atoms with E-state index in [4.69, 9.17) is 0 Å². The minimum atomic E-state index is 0.394. The summed E-state index contributed by atoms with van der Waals surface area (Å²) in [6, 6.07) is 0. The van der Waals surface area contributed by atoms with E-state index in [9.17, 15) is 0 Å². The molecule has 0 amide bonds. The molecule has 1 N–H and O–H groups in total. The number of hydrogen-bond donors (Lipinski definition) is 1. The maximum Gasteiger partial charge on any atom is 0.270 e. The molecule has 0 unspecified atom stereocenters. The van der Waals surface area contributed by atoms with Crippen molar-refractivity contribution >= 4 is 0 Å². The van der Waals surface area contributed by atoms with Crippen molar-refractivity contribution in [1.29, 1.82) is 0 Å². The Labute approximate surface area is 68.0 Å². The second kappa shape index (κ2) is 4.11. The van der Waals surface area contributed by atoms with Gasteiger partial charge >= 0.3 is 0 Å². The van der Waals surface area contributed by atoms with Gasteiger partial charge in [-0.2, -0.15) is 4.68 Å². The van der Waals surface area contributed by atoms with E-state index in [1.807, 2.05) is 13.8 Å².